The quantitative estimate of drug-likeness (QED) is 0.848. The van der Waals surface area contributed by atoms with Crippen molar-refractivity contribution in [3.05, 3.63) is 64.7 Å². The van der Waals surface area contributed by atoms with Gasteiger partial charge in [0.2, 0.25) is 0 Å². The van der Waals surface area contributed by atoms with Gasteiger partial charge in [-0.1, -0.05) is 42.8 Å². The third-order valence-electron chi connectivity index (χ3n) is 3.65. The van der Waals surface area contributed by atoms with E-state index < -0.39 is 0 Å². The van der Waals surface area contributed by atoms with Gasteiger partial charge in [-0.15, -0.1) is 0 Å². The summed E-state index contributed by atoms with van der Waals surface area (Å²) in [4.78, 5) is 0. The average molecular weight is 283 g/mol. The van der Waals surface area contributed by atoms with Crippen molar-refractivity contribution in [1.82, 2.24) is 5.32 Å². The first-order valence-corrected chi connectivity index (χ1v) is 7.69. The van der Waals surface area contributed by atoms with Crippen LogP contribution in [0.5, 0.6) is 5.75 Å². The predicted molar refractivity (Wildman–Crippen MR) is 89.0 cm³/mol. The fourth-order valence-corrected chi connectivity index (χ4v) is 2.71. The van der Waals surface area contributed by atoms with Crippen molar-refractivity contribution in [3.8, 4) is 5.75 Å². The van der Waals surface area contributed by atoms with Crippen molar-refractivity contribution in [3.63, 3.8) is 0 Å². The van der Waals surface area contributed by atoms with E-state index in [4.69, 9.17) is 4.74 Å². The molecule has 0 bridgehead atoms. The number of rotatable bonds is 6. The second kappa shape index (κ2) is 7.28. The molecule has 0 aliphatic heterocycles. The Balaban J connectivity index is 2.40. The summed E-state index contributed by atoms with van der Waals surface area (Å²) in [5, 5.41) is 3.59. The van der Waals surface area contributed by atoms with Gasteiger partial charge in [-0.05, 0) is 56.1 Å². The molecular weight excluding hydrogens is 258 g/mol. The Labute approximate surface area is 128 Å². The van der Waals surface area contributed by atoms with Gasteiger partial charge < -0.3 is 10.1 Å². The predicted octanol–water partition coefficient (Wildman–Crippen LogP) is 4.40. The number of hydrogen-bond donors (Lipinski definition) is 1. The van der Waals surface area contributed by atoms with E-state index in [1.807, 2.05) is 13.0 Å². The van der Waals surface area contributed by atoms with Crippen LogP contribution in [0.4, 0.5) is 0 Å². The number of nitrogens with one attached hydrogen (secondary N) is 1. The van der Waals surface area contributed by atoms with E-state index in [0.717, 1.165) is 12.3 Å². The molecule has 112 valence electrons. The summed E-state index contributed by atoms with van der Waals surface area (Å²) in [5.74, 6) is 0.933. The monoisotopic (exact) mass is 283 g/mol. The Bertz CT molecular complexity index is 592. The summed E-state index contributed by atoms with van der Waals surface area (Å²) in [6, 6.07) is 15.2. The molecule has 2 aromatic carbocycles. The molecular formula is C19H25NO. The minimum absolute atomic E-state index is 0.205. The van der Waals surface area contributed by atoms with Crippen LogP contribution in [0.15, 0.2) is 42.5 Å². The SMILES string of the molecule is CCNC(c1cccc(OCC)c1)c1ccc(C)cc1C. The molecule has 0 aliphatic carbocycles. The topological polar surface area (TPSA) is 21.3 Å². The molecule has 0 aromatic heterocycles. The van der Waals surface area contributed by atoms with Gasteiger partial charge in [-0.3, -0.25) is 0 Å². The van der Waals surface area contributed by atoms with E-state index in [2.05, 4.69) is 62.5 Å². The minimum atomic E-state index is 0.205. The van der Waals surface area contributed by atoms with E-state index in [9.17, 15) is 0 Å². The highest BCUT2D eigenvalue weighted by atomic mass is 16.5. The Hall–Kier alpha value is -1.80. The molecule has 1 N–H and O–H groups in total. The van der Waals surface area contributed by atoms with E-state index in [-0.39, 0.29) is 6.04 Å². The summed E-state index contributed by atoms with van der Waals surface area (Å²) >= 11 is 0. The smallest absolute Gasteiger partial charge is 0.119 e. The molecule has 0 saturated heterocycles. The summed E-state index contributed by atoms with van der Waals surface area (Å²) in [6.07, 6.45) is 0. The zero-order valence-electron chi connectivity index (χ0n) is 13.4. The molecule has 2 aromatic rings. The highest BCUT2D eigenvalue weighted by Gasteiger charge is 2.15. The van der Waals surface area contributed by atoms with Crippen molar-refractivity contribution in [2.45, 2.75) is 33.7 Å². The van der Waals surface area contributed by atoms with Gasteiger partial charge in [0.25, 0.3) is 0 Å². The van der Waals surface area contributed by atoms with Crippen LogP contribution in [-0.4, -0.2) is 13.2 Å². The van der Waals surface area contributed by atoms with Crippen molar-refractivity contribution in [2.75, 3.05) is 13.2 Å². The molecule has 1 atom stereocenters. The Kier molecular flexibility index (Phi) is 5.40. The molecule has 21 heavy (non-hydrogen) atoms. The second-order valence-corrected chi connectivity index (χ2v) is 5.36. The lowest BCUT2D eigenvalue weighted by Gasteiger charge is -2.22. The fraction of sp³-hybridized carbons (Fsp3) is 0.368. The Morgan fingerprint density at radius 3 is 2.52 bits per heavy atom. The third kappa shape index (κ3) is 3.85. The van der Waals surface area contributed by atoms with Crippen molar-refractivity contribution in [2.24, 2.45) is 0 Å². The van der Waals surface area contributed by atoms with Crippen LogP contribution in [0.2, 0.25) is 0 Å². The molecule has 0 fully saturated rings. The summed E-state index contributed by atoms with van der Waals surface area (Å²) in [7, 11) is 0. The number of hydrogen-bond acceptors (Lipinski definition) is 2. The summed E-state index contributed by atoms with van der Waals surface area (Å²) < 4.78 is 5.63. The Morgan fingerprint density at radius 2 is 1.86 bits per heavy atom. The molecule has 0 aliphatic rings. The zero-order valence-corrected chi connectivity index (χ0v) is 13.4. The van der Waals surface area contributed by atoms with Crippen LogP contribution in [0, 0.1) is 13.8 Å². The van der Waals surface area contributed by atoms with Crippen LogP contribution < -0.4 is 10.1 Å². The van der Waals surface area contributed by atoms with Crippen molar-refractivity contribution >= 4 is 0 Å². The Morgan fingerprint density at radius 1 is 1.05 bits per heavy atom. The molecule has 0 spiro atoms. The lowest BCUT2D eigenvalue weighted by Crippen LogP contribution is -2.22. The van der Waals surface area contributed by atoms with Crippen LogP contribution in [0.1, 0.15) is 42.1 Å². The van der Waals surface area contributed by atoms with E-state index in [1.165, 1.54) is 22.3 Å². The second-order valence-electron chi connectivity index (χ2n) is 5.36. The number of ether oxygens (including phenoxy) is 1. The van der Waals surface area contributed by atoms with E-state index in [1.54, 1.807) is 0 Å². The van der Waals surface area contributed by atoms with E-state index in [0.29, 0.717) is 6.61 Å². The molecule has 2 heteroatoms. The van der Waals surface area contributed by atoms with Gasteiger partial charge in [0.05, 0.1) is 12.6 Å². The maximum Gasteiger partial charge on any atom is 0.119 e. The maximum atomic E-state index is 5.63. The van der Waals surface area contributed by atoms with Gasteiger partial charge in [0.15, 0.2) is 0 Å². The van der Waals surface area contributed by atoms with E-state index >= 15 is 0 Å². The molecule has 0 amide bonds. The molecule has 0 heterocycles. The van der Waals surface area contributed by atoms with Crippen LogP contribution in [-0.2, 0) is 0 Å². The number of aryl methyl sites for hydroxylation is 2. The zero-order chi connectivity index (χ0) is 15.2. The van der Waals surface area contributed by atoms with Gasteiger partial charge in [0, 0.05) is 0 Å². The number of benzene rings is 2. The van der Waals surface area contributed by atoms with Crippen LogP contribution in [0.3, 0.4) is 0 Å². The van der Waals surface area contributed by atoms with Gasteiger partial charge >= 0.3 is 0 Å². The van der Waals surface area contributed by atoms with Gasteiger partial charge in [-0.2, -0.15) is 0 Å². The standard InChI is InChI=1S/C19H25NO/c1-5-20-19(18-11-10-14(3)12-15(18)4)16-8-7-9-17(13-16)21-6-2/h7-13,19-20H,5-6H2,1-4H3. The largest absolute Gasteiger partial charge is 0.494 e. The van der Waals surface area contributed by atoms with Crippen LogP contribution in [0.25, 0.3) is 0 Å². The van der Waals surface area contributed by atoms with Crippen LogP contribution >= 0.6 is 0 Å². The van der Waals surface area contributed by atoms with Crippen molar-refractivity contribution < 1.29 is 4.74 Å². The van der Waals surface area contributed by atoms with Gasteiger partial charge in [-0.25, -0.2) is 0 Å². The molecule has 1 unspecified atom stereocenters. The maximum absolute atomic E-state index is 5.63. The summed E-state index contributed by atoms with van der Waals surface area (Å²) in [6.45, 7) is 10.1. The van der Waals surface area contributed by atoms with Crippen molar-refractivity contribution in [1.29, 1.82) is 0 Å². The average Bonchev–Trinajstić information content (AvgIpc) is 2.46. The van der Waals surface area contributed by atoms with Gasteiger partial charge in [0.1, 0.15) is 5.75 Å². The first kappa shape index (κ1) is 15.6. The third-order valence-corrected chi connectivity index (χ3v) is 3.65. The minimum Gasteiger partial charge on any atom is -0.494 e. The highest BCUT2D eigenvalue weighted by Crippen LogP contribution is 2.28. The molecule has 0 saturated carbocycles. The molecule has 2 nitrogen and oxygen atoms in total. The normalized spacial score (nSPS) is 12.2. The first-order chi connectivity index (χ1) is 10.2. The fourth-order valence-electron chi connectivity index (χ4n) is 2.71. The highest BCUT2D eigenvalue weighted by molar-refractivity contribution is 5.41. The lowest BCUT2D eigenvalue weighted by atomic mass is 9.93. The lowest BCUT2D eigenvalue weighted by molar-refractivity contribution is 0.339. The summed E-state index contributed by atoms with van der Waals surface area (Å²) in [5.41, 5.74) is 5.20. The molecule has 2 rings (SSSR count). The first-order valence-electron chi connectivity index (χ1n) is 7.69. The molecule has 0 radical (unpaired) electrons.